The van der Waals surface area contributed by atoms with Gasteiger partial charge in [-0.25, -0.2) is 0 Å². The molecule has 19 heavy (non-hydrogen) atoms. The number of amides is 1. The number of carbonyl (C=O) groups excluding carboxylic acids is 1. The molecule has 0 spiro atoms. The van der Waals surface area contributed by atoms with E-state index in [1.54, 1.807) is 20.9 Å². The Morgan fingerprint density at radius 3 is 2.11 bits per heavy atom. The molecule has 5 heteroatoms. The van der Waals surface area contributed by atoms with E-state index in [0.29, 0.717) is 6.04 Å². The summed E-state index contributed by atoms with van der Waals surface area (Å²) in [6.45, 7) is 12.0. The van der Waals surface area contributed by atoms with Crippen LogP contribution in [-0.4, -0.2) is 48.0 Å². The van der Waals surface area contributed by atoms with Crippen molar-refractivity contribution in [1.82, 2.24) is 10.6 Å². The van der Waals surface area contributed by atoms with Gasteiger partial charge in [-0.1, -0.05) is 0 Å². The Hall–Kier alpha value is -0.650. The van der Waals surface area contributed by atoms with Gasteiger partial charge in [-0.3, -0.25) is 4.79 Å². The Morgan fingerprint density at radius 2 is 1.84 bits per heavy atom. The Kier molecular flexibility index (Phi) is 6.97. The van der Waals surface area contributed by atoms with Gasteiger partial charge >= 0.3 is 0 Å². The first-order valence-corrected chi connectivity index (χ1v) is 6.81. The van der Waals surface area contributed by atoms with E-state index in [0.717, 1.165) is 13.0 Å². The second kappa shape index (κ2) is 7.22. The lowest BCUT2D eigenvalue weighted by Gasteiger charge is -2.39. The first-order chi connectivity index (χ1) is 8.49. The second-order valence-corrected chi connectivity index (χ2v) is 6.16. The number of nitrogens with one attached hydrogen (secondary N) is 2. The summed E-state index contributed by atoms with van der Waals surface area (Å²) in [7, 11) is 1.60. The molecule has 2 unspecified atom stereocenters. The normalized spacial score (nSPS) is 23.6. The number of hydrogen-bond donors (Lipinski definition) is 3. The van der Waals surface area contributed by atoms with Gasteiger partial charge in [-0.05, 0) is 41.0 Å². The van der Waals surface area contributed by atoms with Gasteiger partial charge < -0.3 is 20.5 Å². The smallest absolute Gasteiger partial charge is 0.216 e. The van der Waals surface area contributed by atoms with Crippen LogP contribution >= 0.6 is 0 Å². The Balaban J connectivity index is 0.000000555. The van der Waals surface area contributed by atoms with Crippen molar-refractivity contribution in [2.75, 3.05) is 13.6 Å². The molecule has 0 bridgehead atoms. The summed E-state index contributed by atoms with van der Waals surface area (Å²) in [6.07, 6.45) is 1.26. The SMILES string of the molecule is CC1CC(OC(C)(C)C(C)(C)O)CN1.CNC(C)=O. The van der Waals surface area contributed by atoms with E-state index in [1.807, 2.05) is 13.8 Å². The van der Waals surface area contributed by atoms with E-state index in [9.17, 15) is 9.90 Å². The third kappa shape index (κ3) is 6.89. The van der Waals surface area contributed by atoms with Crippen LogP contribution < -0.4 is 10.6 Å². The summed E-state index contributed by atoms with van der Waals surface area (Å²) in [5.74, 6) is 0.00463. The van der Waals surface area contributed by atoms with Gasteiger partial charge in [0.25, 0.3) is 0 Å². The molecule has 1 heterocycles. The van der Waals surface area contributed by atoms with Gasteiger partial charge in [0.1, 0.15) is 0 Å². The lowest BCUT2D eigenvalue weighted by molar-refractivity contribution is -0.169. The molecule has 0 aliphatic carbocycles. The maximum atomic E-state index is 9.93. The van der Waals surface area contributed by atoms with Crippen molar-refractivity contribution >= 4 is 5.91 Å². The van der Waals surface area contributed by atoms with Crippen LogP contribution in [-0.2, 0) is 9.53 Å². The molecule has 1 aliphatic rings. The molecule has 0 aromatic heterocycles. The van der Waals surface area contributed by atoms with Crippen LogP contribution in [0.4, 0.5) is 0 Å². The molecule has 0 aromatic carbocycles. The van der Waals surface area contributed by atoms with Crippen LogP contribution in [0.25, 0.3) is 0 Å². The molecule has 5 nitrogen and oxygen atoms in total. The lowest BCUT2D eigenvalue weighted by Crippen LogP contribution is -2.49. The maximum absolute atomic E-state index is 9.93. The minimum absolute atomic E-state index is 0.00463. The van der Waals surface area contributed by atoms with Crippen molar-refractivity contribution in [3.8, 4) is 0 Å². The predicted octanol–water partition coefficient (Wildman–Crippen LogP) is 1.06. The Labute approximate surface area is 117 Å². The molecule has 1 saturated heterocycles. The highest BCUT2D eigenvalue weighted by Gasteiger charge is 2.39. The van der Waals surface area contributed by atoms with Gasteiger partial charge in [0.2, 0.25) is 5.91 Å². The average molecular weight is 274 g/mol. The minimum Gasteiger partial charge on any atom is -0.387 e. The second-order valence-electron chi connectivity index (χ2n) is 6.16. The summed E-state index contributed by atoms with van der Waals surface area (Å²) < 4.78 is 5.92. The summed E-state index contributed by atoms with van der Waals surface area (Å²) in [5, 5.41) is 15.7. The maximum Gasteiger partial charge on any atom is 0.216 e. The zero-order chi connectivity index (χ0) is 15.3. The van der Waals surface area contributed by atoms with E-state index in [-0.39, 0.29) is 12.0 Å². The van der Waals surface area contributed by atoms with E-state index in [1.165, 1.54) is 6.92 Å². The molecule has 1 rings (SSSR count). The molecule has 2 atom stereocenters. The highest BCUT2D eigenvalue weighted by Crippen LogP contribution is 2.28. The zero-order valence-corrected chi connectivity index (χ0v) is 13.3. The fraction of sp³-hybridized carbons (Fsp3) is 0.929. The monoisotopic (exact) mass is 274 g/mol. The minimum atomic E-state index is -0.807. The third-order valence-corrected chi connectivity index (χ3v) is 3.60. The molecule has 0 radical (unpaired) electrons. The van der Waals surface area contributed by atoms with Gasteiger partial charge in [0, 0.05) is 26.6 Å². The number of hydrogen-bond acceptors (Lipinski definition) is 4. The molecule has 114 valence electrons. The molecular formula is C14H30N2O3. The zero-order valence-electron chi connectivity index (χ0n) is 13.3. The van der Waals surface area contributed by atoms with Gasteiger partial charge in [-0.2, -0.15) is 0 Å². The standard InChI is InChI=1S/C11H23NO2.C3H7NO/c1-8-6-9(7-12-8)14-11(4,5)10(2,3)13;1-3(5)4-2/h8-9,12-13H,6-7H2,1-5H3;1-2H3,(H,4,5). The summed E-state index contributed by atoms with van der Waals surface area (Å²) in [4.78, 5) is 9.70. The number of aliphatic hydroxyl groups is 1. The van der Waals surface area contributed by atoms with Crippen LogP contribution in [0.1, 0.15) is 48.0 Å². The Morgan fingerprint density at radius 1 is 1.37 bits per heavy atom. The average Bonchev–Trinajstić information content (AvgIpc) is 2.62. The highest BCUT2D eigenvalue weighted by molar-refractivity contribution is 5.72. The molecule has 3 N–H and O–H groups in total. The molecule has 1 aliphatic heterocycles. The van der Waals surface area contributed by atoms with E-state index < -0.39 is 11.2 Å². The Bertz CT molecular complexity index is 285. The van der Waals surface area contributed by atoms with E-state index in [2.05, 4.69) is 17.6 Å². The summed E-state index contributed by atoms with van der Waals surface area (Å²) in [5.41, 5.74) is -1.30. The number of rotatable bonds is 3. The first-order valence-electron chi connectivity index (χ1n) is 6.81. The van der Waals surface area contributed by atoms with Crippen molar-refractivity contribution in [3.05, 3.63) is 0 Å². The molecule has 0 aromatic rings. The topological polar surface area (TPSA) is 70.6 Å². The van der Waals surface area contributed by atoms with Gasteiger partial charge in [0.15, 0.2) is 0 Å². The van der Waals surface area contributed by atoms with Gasteiger partial charge in [0.05, 0.1) is 17.3 Å². The van der Waals surface area contributed by atoms with Crippen molar-refractivity contribution in [2.24, 2.45) is 0 Å². The van der Waals surface area contributed by atoms with Crippen molar-refractivity contribution in [2.45, 2.75) is 71.3 Å². The third-order valence-electron chi connectivity index (χ3n) is 3.60. The van der Waals surface area contributed by atoms with E-state index in [4.69, 9.17) is 4.74 Å². The first kappa shape index (κ1) is 18.4. The van der Waals surface area contributed by atoms with Crippen LogP contribution in [0.3, 0.4) is 0 Å². The van der Waals surface area contributed by atoms with Crippen LogP contribution in [0.2, 0.25) is 0 Å². The quantitative estimate of drug-likeness (QED) is 0.719. The van der Waals surface area contributed by atoms with Crippen molar-refractivity contribution in [1.29, 1.82) is 0 Å². The summed E-state index contributed by atoms with van der Waals surface area (Å²) >= 11 is 0. The largest absolute Gasteiger partial charge is 0.387 e. The van der Waals surface area contributed by atoms with Crippen molar-refractivity contribution < 1.29 is 14.6 Å². The predicted molar refractivity (Wildman–Crippen MR) is 77.1 cm³/mol. The molecular weight excluding hydrogens is 244 g/mol. The van der Waals surface area contributed by atoms with Crippen molar-refractivity contribution in [3.63, 3.8) is 0 Å². The fourth-order valence-electron chi connectivity index (χ4n) is 1.54. The van der Waals surface area contributed by atoms with Crippen LogP contribution in [0.5, 0.6) is 0 Å². The lowest BCUT2D eigenvalue weighted by atomic mass is 9.89. The highest BCUT2D eigenvalue weighted by atomic mass is 16.5. The molecule has 1 amide bonds. The van der Waals surface area contributed by atoms with E-state index >= 15 is 0 Å². The number of carbonyl (C=O) groups is 1. The molecule has 0 saturated carbocycles. The fourth-order valence-corrected chi connectivity index (χ4v) is 1.54. The van der Waals surface area contributed by atoms with Crippen LogP contribution in [0, 0.1) is 0 Å². The number of ether oxygens (including phenoxy) is 1. The summed E-state index contributed by atoms with van der Waals surface area (Å²) in [6, 6.07) is 0.526. The molecule has 1 fully saturated rings. The van der Waals surface area contributed by atoms with Gasteiger partial charge in [-0.15, -0.1) is 0 Å². The van der Waals surface area contributed by atoms with Crippen LogP contribution in [0.15, 0.2) is 0 Å².